The number of carbonyl (C=O) groups excluding carboxylic acids is 1. The Bertz CT molecular complexity index is 210. The minimum absolute atomic E-state index is 0.212. The van der Waals surface area contributed by atoms with E-state index in [-0.39, 0.29) is 5.91 Å². The number of piperazine rings is 1. The van der Waals surface area contributed by atoms with E-state index < -0.39 is 0 Å². The van der Waals surface area contributed by atoms with Crippen molar-refractivity contribution in [3.8, 4) is 0 Å². The fraction of sp³-hybridized carbons (Fsp3) is 0.909. The molecule has 1 rings (SSSR count). The first-order valence-corrected chi connectivity index (χ1v) is 6.12. The Morgan fingerprint density at radius 1 is 1.31 bits per heavy atom. The number of carbonyl (C=O) groups is 1. The molecule has 5 heteroatoms. The maximum Gasteiger partial charge on any atom is 0.218 e. The zero-order valence-corrected chi connectivity index (χ0v) is 10.2. The van der Waals surface area contributed by atoms with Crippen molar-refractivity contribution in [3.05, 3.63) is 0 Å². The van der Waals surface area contributed by atoms with E-state index in [0.29, 0.717) is 12.5 Å². The normalized spacial score (nSPS) is 20.9. The number of nitrogens with two attached hydrogens (primary N) is 2. The molecule has 1 saturated heterocycles. The average Bonchev–Trinajstić information content (AvgIpc) is 2.29. The van der Waals surface area contributed by atoms with Gasteiger partial charge in [0.1, 0.15) is 0 Å². The molecule has 0 spiro atoms. The van der Waals surface area contributed by atoms with E-state index in [1.54, 1.807) is 0 Å². The van der Waals surface area contributed by atoms with Crippen LogP contribution in [0.2, 0.25) is 0 Å². The lowest BCUT2D eigenvalue weighted by Crippen LogP contribution is -2.52. The second kappa shape index (κ2) is 6.83. The van der Waals surface area contributed by atoms with E-state index in [0.717, 1.165) is 45.7 Å². The summed E-state index contributed by atoms with van der Waals surface area (Å²) in [6.07, 6.45) is 1.58. The van der Waals surface area contributed by atoms with Crippen LogP contribution in [0.1, 0.15) is 19.8 Å². The summed E-state index contributed by atoms with van der Waals surface area (Å²) in [7, 11) is 0. The van der Waals surface area contributed by atoms with Gasteiger partial charge in [0.15, 0.2) is 0 Å². The third kappa shape index (κ3) is 4.08. The summed E-state index contributed by atoms with van der Waals surface area (Å²) in [4.78, 5) is 15.4. The lowest BCUT2D eigenvalue weighted by atomic mass is 10.1. The minimum Gasteiger partial charge on any atom is -0.370 e. The predicted molar refractivity (Wildman–Crippen MR) is 65.0 cm³/mol. The Kier molecular flexibility index (Phi) is 5.73. The summed E-state index contributed by atoms with van der Waals surface area (Å²) in [5, 5.41) is 0. The first-order valence-electron chi connectivity index (χ1n) is 6.12. The van der Waals surface area contributed by atoms with Crippen LogP contribution in [-0.2, 0) is 4.79 Å². The smallest absolute Gasteiger partial charge is 0.218 e. The Balaban J connectivity index is 2.25. The van der Waals surface area contributed by atoms with Crippen LogP contribution in [-0.4, -0.2) is 61.0 Å². The number of hydrogen-bond donors (Lipinski definition) is 2. The van der Waals surface area contributed by atoms with Crippen LogP contribution < -0.4 is 11.5 Å². The summed E-state index contributed by atoms with van der Waals surface area (Å²) >= 11 is 0. The molecule has 1 aliphatic rings. The van der Waals surface area contributed by atoms with Crippen LogP contribution in [0.3, 0.4) is 0 Å². The first kappa shape index (κ1) is 13.4. The van der Waals surface area contributed by atoms with Gasteiger partial charge in [0, 0.05) is 51.7 Å². The fourth-order valence-electron chi connectivity index (χ4n) is 2.19. The van der Waals surface area contributed by atoms with E-state index >= 15 is 0 Å². The number of hydrogen-bond acceptors (Lipinski definition) is 4. The number of primary amides is 1. The number of rotatable bonds is 6. The second-order valence-electron chi connectivity index (χ2n) is 4.39. The van der Waals surface area contributed by atoms with Gasteiger partial charge in [-0.25, -0.2) is 0 Å². The molecule has 1 unspecified atom stereocenters. The van der Waals surface area contributed by atoms with Gasteiger partial charge in [-0.15, -0.1) is 0 Å². The van der Waals surface area contributed by atoms with Gasteiger partial charge in [-0.2, -0.15) is 0 Å². The van der Waals surface area contributed by atoms with E-state index in [1.165, 1.54) is 0 Å². The van der Waals surface area contributed by atoms with E-state index in [9.17, 15) is 4.79 Å². The van der Waals surface area contributed by atoms with E-state index in [4.69, 9.17) is 11.5 Å². The van der Waals surface area contributed by atoms with Crippen LogP contribution in [0.25, 0.3) is 0 Å². The lowest BCUT2D eigenvalue weighted by molar-refractivity contribution is -0.118. The summed E-state index contributed by atoms with van der Waals surface area (Å²) < 4.78 is 0. The van der Waals surface area contributed by atoms with Crippen molar-refractivity contribution in [3.63, 3.8) is 0 Å². The van der Waals surface area contributed by atoms with Crippen molar-refractivity contribution in [1.29, 1.82) is 0 Å². The molecule has 1 aliphatic heterocycles. The fourth-order valence-corrected chi connectivity index (χ4v) is 2.19. The average molecular weight is 228 g/mol. The molecule has 0 saturated carbocycles. The van der Waals surface area contributed by atoms with Gasteiger partial charge in [-0.3, -0.25) is 9.69 Å². The summed E-state index contributed by atoms with van der Waals surface area (Å²) in [5.41, 5.74) is 10.9. The monoisotopic (exact) mass is 228 g/mol. The first-order chi connectivity index (χ1) is 7.67. The van der Waals surface area contributed by atoms with Gasteiger partial charge in [0.25, 0.3) is 0 Å². The molecular formula is C11H24N4O. The molecule has 0 aromatic heterocycles. The van der Waals surface area contributed by atoms with Crippen molar-refractivity contribution < 1.29 is 4.79 Å². The van der Waals surface area contributed by atoms with Crippen LogP contribution in [0, 0.1) is 0 Å². The lowest BCUT2D eigenvalue weighted by Gasteiger charge is -2.38. The molecule has 0 aromatic rings. The molecule has 0 radical (unpaired) electrons. The van der Waals surface area contributed by atoms with Crippen LogP contribution in [0.4, 0.5) is 0 Å². The zero-order chi connectivity index (χ0) is 12.0. The highest BCUT2D eigenvalue weighted by Crippen LogP contribution is 2.08. The molecule has 1 fully saturated rings. The Morgan fingerprint density at radius 2 is 1.94 bits per heavy atom. The highest BCUT2D eigenvalue weighted by molar-refractivity contribution is 5.73. The summed E-state index contributed by atoms with van der Waals surface area (Å²) in [6, 6.07) is 0.512. The molecule has 1 heterocycles. The molecular weight excluding hydrogens is 204 g/mol. The quantitative estimate of drug-likeness (QED) is 0.625. The van der Waals surface area contributed by atoms with Crippen LogP contribution in [0.15, 0.2) is 0 Å². The zero-order valence-electron chi connectivity index (χ0n) is 10.2. The molecule has 1 amide bonds. The summed E-state index contributed by atoms with van der Waals surface area (Å²) in [5.74, 6) is -0.212. The molecule has 4 N–H and O–H groups in total. The van der Waals surface area contributed by atoms with E-state index in [1.807, 2.05) is 0 Å². The van der Waals surface area contributed by atoms with Crippen molar-refractivity contribution in [1.82, 2.24) is 9.80 Å². The maximum absolute atomic E-state index is 10.7. The van der Waals surface area contributed by atoms with Gasteiger partial charge in [0.05, 0.1) is 0 Å². The van der Waals surface area contributed by atoms with Crippen LogP contribution in [0.5, 0.6) is 0 Å². The molecule has 0 aromatic carbocycles. The standard InChI is InChI=1S/C11H24N4O/c1-2-10(9-12)15-7-5-14(6-8-15)4-3-11(13)16/h10H,2-9,12H2,1H3,(H2,13,16). The van der Waals surface area contributed by atoms with Gasteiger partial charge in [-0.1, -0.05) is 6.92 Å². The highest BCUT2D eigenvalue weighted by atomic mass is 16.1. The number of nitrogens with zero attached hydrogens (tertiary/aromatic N) is 2. The molecule has 0 bridgehead atoms. The highest BCUT2D eigenvalue weighted by Gasteiger charge is 2.21. The second-order valence-corrected chi connectivity index (χ2v) is 4.39. The molecule has 5 nitrogen and oxygen atoms in total. The van der Waals surface area contributed by atoms with Crippen molar-refractivity contribution in [2.45, 2.75) is 25.8 Å². The topological polar surface area (TPSA) is 75.6 Å². The van der Waals surface area contributed by atoms with Crippen molar-refractivity contribution >= 4 is 5.91 Å². The molecule has 1 atom stereocenters. The van der Waals surface area contributed by atoms with E-state index in [2.05, 4.69) is 16.7 Å². The maximum atomic E-state index is 10.7. The SMILES string of the molecule is CCC(CN)N1CCN(CCC(N)=O)CC1. The van der Waals surface area contributed by atoms with Gasteiger partial charge < -0.3 is 16.4 Å². The van der Waals surface area contributed by atoms with Crippen molar-refractivity contribution in [2.75, 3.05) is 39.3 Å². The Morgan fingerprint density at radius 3 is 2.38 bits per heavy atom. The van der Waals surface area contributed by atoms with Gasteiger partial charge >= 0.3 is 0 Å². The Hall–Kier alpha value is -0.650. The largest absolute Gasteiger partial charge is 0.370 e. The third-order valence-electron chi connectivity index (χ3n) is 3.34. The van der Waals surface area contributed by atoms with Crippen molar-refractivity contribution in [2.24, 2.45) is 11.5 Å². The number of amides is 1. The Labute approximate surface area is 97.7 Å². The van der Waals surface area contributed by atoms with Gasteiger partial charge in [0.2, 0.25) is 5.91 Å². The third-order valence-corrected chi connectivity index (χ3v) is 3.34. The van der Waals surface area contributed by atoms with Crippen LogP contribution >= 0.6 is 0 Å². The van der Waals surface area contributed by atoms with Gasteiger partial charge in [-0.05, 0) is 6.42 Å². The molecule has 94 valence electrons. The molecule has 0 aliphatic carbocycles. The summed E-state index contributed by atoms with van der Waals surface area (Å²) in [6.45, 7) is 7.84. The minimum atomic E-state index is -0.212. The molecule has 16 heavy (non-hydrogen) atoms. The predicted octanol–water partition coefficient (Wildman–Crippen LogP) is -0.783.